The van der Waals surface area contributed by atoms with Crippen LogP contribution in [0.5, 0.6) is 0 Å². The second-order valence-electron chi connectivity index (χ2n) is 9.69. The molecular weight excluding hydrogens is 568 g/mol. The largest absolute Gasteiger partial charge is 0.463 e. The summed E-state index contributed by atoms with van der Waals surface area (Å²) in [6, 6.07) is 6.80. The molecular formula is C28H38N4O11. The molecule has 0 radical (unpaired) electrons. The van der Waals surface area contributed by atoms with Gasteiger partial charge in [-0.3, -0.25) is 24.0 Å². The molecule has 0 saturated carbocycles. The van der Waals surface area contributed by atoms with Crippen molar-refractivity contribution < 1.29 is 52.4 Å². The topological polar surface area (TPSA) is 202 Å². The van der Waals surface area contributed by atoms with Gasteiger partial charge in [0, 0.05) is 51.3 Å². The van der Waals surface area contributed by atoms with Crippen molar-refractivity contribution in [2.24, 2.45) is 5.11 Å². The van der Waals surface area contributed by atoms with Gasteiger partial charge in [-0.2, -0.15) is 0 Å². The van der Waals surface area contributed by atoms with Gasteiger partial charge in [0.15, 0.2) is 24.6 Å². The molecule has 1 aromatic carbocycles. The summed E-state index contributed by atoms with van der Waals surface area (Å²) in [5.41, 5.74) is 9.70. The number of azide groups is 1. The van der Waals surface area contributed by atoms with Crippen molar-refractivity contribution in [3.63, 3.8) is 0 Å². The Morgan fingerprint density at radius 1 is 0.837 bits per heavy atom. The van der Waals surface area contributed by atoms with Gasteiger partial charge in [-0.15, -0.1) is 0 Å². The van der Waals surface area contributed by atoms with Crippen LogP contribution in [-0.4, -0.2) is 80.2 Å². The normalized spacial score (nSPS) is 21.1. The van der Waals surface area contributed by atoms with Crippen LogP contribution in [-0.2, 0) is 54.1 Å². The Morgan fingerprint density at radius 2 is 1.44 bits per heavy atom. The minimum atomic E-state index is -1.28. The van der Waals surface area contributed by atoms with E-state index in [0.717, 1.165) is 45.6 Å². The van der Waals surface area contributed by atoms with Gasteiger partial charge >= 0.3 is 23.9 Å². The predicted octanol–water partition coefficient (Wildman–Crippen LogP) is 2.89. The molecule has 1 amide bonds. The molecule has 0 spiro atoms. The Hall–Kier alpha value is -4.20. The van der Waals surface area contributed by atoms with Crippen molar-refractivity contribution in [3.8, 4) is 0 Å². The first-order chi connectivity index (χ1) is 20.5. The number of hydrogen-bond acceptors (Lipinski definition) is 12. The van der Waals surface area contributed by atoms with E-state index in [2.05, 4.69) is 15.3 Å². The van der Waals surface area contributed by atoms with Crippen LogP contribution in [0.25, 0.3) is 10.4 Å². The number of unbranched alkanes of at least 4 members (excludes halogenated alkanes) is 3. The van der Waals surface area contributed by atoms with E-state index in [-0.39, 0.29) is 25.7 Å². The molecule has 1 fully saturated rings. The number of amides is 1. The lowest BCUT2D eigenvalue weighted by Crippen LogP contribution is -2.63. The number of ether oxygens (including phenoxy) is 6. The summed E-state index contributed by atoms with van der Waals surface area (Å²) in [6.07, 6.45) is -3.22. The van der Waals surface area contributed by atoms with Gasteiger partial charge in [-0.05, 0) is 36.1 Å². The number of nitrogens with zero attached hydrogens (tertiary/aromatic N) is 3. The Balaban J connectivity index is 1.89. The smallest absolute Gasteiger partial charge is 0.303 e. The zero-order chi connectivity index (χ0) is 31.8. The van der Waals surface area contributed by atoms with E-state index < -0.39 is 54.6 Å². The number of nitrogens with one attached hydrogen (secondary N) is 1. The maximum Gasteiger partial charge on any atom is 0.303 e. The lowest BCUT2D eigenvalue weighted by atomic mass is 9.98. The minimum Gasteiger partial charge on any atom is -0.463 e. The summed E-state index contributed by atoms with van der Waals surface area (Å²) in [5, 5.41) is 6.34. The summed E-state index contributed by atoms with van der Waals surface area (Å²) in [5.74, 6) is -2.95. The van der Waals surface area contributed by atoms with E-state index in [1.165, 1.54) is 6.92 Å². The van der Waals surface area contributed by atoms with Gasteiger partial charge in [0.25, 0.3) is 5.91 Å². The summed E-state index contributed by atoms with van der Waals surface area (Å²) in [4.78, 5) is 62.1. The molecule has 0 bridgehead atoms. The van der Waals surface area contributed by atoms with E-state index in [9.17, 15) is 24.0 Å². The molecule has 1 saturated heterocycles. The summed E-state index contributed by atoms with van der Waals surface area (Å²) in [6.45, 7) is 5.19. The first-order valence-electron chi connectivity index (χ1n) is 13.8. The van der Waals surface area contributed by atoms with Gasteiger partial charge in [0.1, 0.15) is 12.7 Å². The van der Waals surface area contributed by atoms with E-state index in [1.807, 2.05) is 0 Å². The van der Waals surface area contributed by atoms with Crippen molar-refractivity contribution in [2.75, 3.05) is 19.8 Å². The highest BCUT2D eigenvalue weighted by atomic mass is 16.7. The molecule has 1 heterocycles. The van der Waals surface area contributed by atoms with Crippen LogP contribution in [0.2, 0.25) is 0 Å². The van der Waals surface area contributed by atoms with Crippen LogP contribution >= 0.6 is 0 Å². The lowest BCUT2D eigenvalue weighted by molar-refractivity contribution is -0.308. The number of carbonyl (C=O) groups is 5. The monoisotopic (exact) mass is 606 g/mol. The molecule has 15 nitrogen and oxygen atoms in total. The molecule has 0 aromatic heterocycles. The molecule has 236 valence electrons. The quantitative estimate of drug-likeness (QED) is 0.0724. The molecule has 43 heavy (non-hydrogen) atoms. The fourth-order valence-corrected chi connectivity index (χ4v) is 4.28. The van der Waals surface area contributed by atoms with Crippen LogP contribution < -0.4 is 5.32 Å². The Bertz CT molecular complexity index is 1150. The second-order valence-corrected chi connectivity index (χ2v) is 9.69. The maximum atomic E-state index is 12.3. The molecule has 5 atom stereocenters. The average Bonchev–Trinajstić information content (AvgIpc) is 2.94. The van der Waals surface area contributed by atoms with Crippen molar-refractivity contribution in [1.82, 2.24) is 5.32 Å². The molecule has 1 aromatic rings. The molecule has 1 aliphatic rings. The average molecular weight is 607 g/mol. The van der Waals surface area contributed by atoms with E-state index in [4.69, 9.17) is 34.0 Å². The third-order valence-corrected chi connectivity index (χ3v) is 6.12. The molecule has 1 aliphatic heterocycles. The van der Waals surface area contributed by atoms with Crippen LogP contribution in [0.4, 0.5) is 0 Å². The van der Waals surface area contributed by atoms with Crippen LogP contribution in [0.3, 0.4) is 0 Å². The third kappa shape index (κ3) is 12.7. The highest BCUT2D eigenvalue weighted by molar-refractivity contribution is 5.94. The number of esters is 4. The van der Waals surface area contributed by atoms with Crippen molar-refractivity contribution >= 4 is 29.8 Å². The number of hydrogen-bond donors (Lipinski definition) is 1. The number of benzene rings is 1. The molecule has 15 heteroatoms. The highest BCUT2D eigenvalue weighted by Gasteiger charge is 2.52. The molecule has 1 N–H and O–H groups in total. The first-order valence-corrected chi connectivity index (χ1v) is 13.8. The van der Waals surface area contributed by atoms with Crippen molar-refractivity contribution in [2.45, 2.75) is 90.6 Å². The number of rotatable bonds is 16. The Kier molecular flexibility index (Phi) is 14.9. The van der Waals surface area contributed by atoms with E-state index in [1.54, 1.807) is 24.3 Å². The van der Waals surface area contributed by atoms with Gasteiger partial charge in [0.2, 0.25) is 0 Å². The zero-order valence-corrected chi connectivity index (χ0v) is 24.7. The van der Waals surface area contributed by atoms with Gasteiger partial charge in [-0.1, -0.05) is 30.1 Å². The predicted molar refractivity (Wildman–Crippen MR) is 148 cm³/mol. The van der Waals surface area contributed by atoms with Crippen LogP contribution in [0.15, 0.2) is 29.4 Å². The second kappa shape index (κ2) is 18.4. The fraction of sp³-hybridized carbons (Fsp3) is 0.607. The first kappa shape index (κ1) is 35.0. The van der Waals surface area contributed by atoms with Gasteiger partial charge in [0.05, 0.1) is 6.54 Å². The fourth-order valence-electron chi connectivity index (χ4n) is 4.28. The number of carbonyl (C=O) groups excluding carboxylic acids is 5. The highest BCUT2D eigenvalue weighted by Crippen LogP contribution is 2.30. The van der Waals surface area contributed by atoms with E-state index in [0.29, 0.717) is 18.5 Å². The lowest BCUT2D eigenvalue weighted by Gasteiger charge is -2.44. The third-order valence-electron chi connectivity index (χ3n) is 6.12. The molecule has 0 aliphatic carbocycles. The Morgan fingerprint density at radius 3 is 2.05 bits per heavy atom. The molecule has 2 rings (SSSR count). The summed E-state index contributed by atoms with van der Waals surface area (Å²) < 4.78 is 32.9. The Labute approximate surface area is 249 Å². The zero-order valence-electron chi connectivity index (χ0n) is 24.7. The summed E-state index contributed by atoms with van der Waals surface area (Å²) in [7, 11) is 0. The van der Waals surface area contributed by atoms with Gasteiger partial charge < -0.3 is 33.7 Å². The minimum absolute atomic E-state index is 0.183. The van der Waals surface area contributed by atoms with Crippen molar-refractivity contribution in [3.05, 3.63) is 45.8 Å². The van der Waals surface area contributed by atoms with Crippen LogP contribution in [0.1, 0.15) is 69.3 Å². The summed E-state index contributed by atoms with van der Waals surface area (Å²) >= 11 is 0. The van der Waals surface area contributed by atoms with Crippen molar-refractivity contribution in [1.29, 1.82) is 0 Å². The van der Waals surface area contributed by atoms with Gasteiger partial charge in [-0.25, -0.2) is 0 Å². The standard InChI is InChI=1S/C28H38N4O11/c1-17(33)39-16-23-24(40-18(2)34)25(41-19(3)35)26(42-20(4)36)28(43-23)38-14-8-6-5-7-13-30-27(37)22-11-9-21(10-12-22)15-31-32-29/h9-12,23-26,28H,5-8,13-16H2,1-4H3,(H,30,37)/t23?,24-,25?,26?,28-/m1/s1. The SMILES string of the molecule is CC(=O)OCC1O[C@@H](OCCCCCCNC(=O)c2ccc(CN=[N+]=[N-])cc2)C(OC(C)=O)C(OC(C)=O)[C@@H]1OC(C)=O. The van der Waals surface area contributed by atoms with E-state index >= 15 is 0 Å². The molecule has 3 unspecified atom stereocenters. The maximum absolute atomic E-state index is 12.3. The van der Waals surface area contributed by atoms with Crippen LogP contribution in [0, 0.1) is 0 Å².